The van der Waals surface area contributed by atoms with Crippen molar-refractivity contribution in [1.82, 2.24) is 25.3 Å². The first kappa shape index (κ1) is 16.1. The summed E-state index contributed by atoms with van der Waals surface area (Å²) in [6.07, 6.45) is 2.47. The Hall–Kier alpha value is -2.77. The van der Waals surface area contributed by atoms with Crippen molar-refractivity contribution in [3.05, 3.63) is 35.9 Å². The van der Waals surface area contributed by atoms with E-state index in [9.17, 15) is 0 Å². The van der Waals surface area contributed by atoms with E-state index in [2.05, 4.69) is 25.3 Å². The first-order valence-corrected chi connectivity index (χ1v) is 7.89. The second-order valence-corrected chi connectivity index (χ2v) is 5.83. The average Bonchev–Trinajstić information content (AvgIpc) is 3.24. The summed E-state index contributed by atoms with van der Waals surface area (Å²) in [6.45, 7) is 6.52. The molecular weight excluding hydrogens is 308 g/mol. The number of anilines is 1. The van der Waals surface area contributed by atoms with Crippen molar-refractivity contribution < 1.29 is 9.05 Å². The molecule has 126 valence electrons. The van der Waals surface area contributed by atoms with Crippen molar-refractivity contribution in [1.29, 1.82) is 0 Å². The van der Waals surface area contributed by atoms with Gasteiger partial charge in [0, 0.05) is 25.6 Å². The molecular formula is C16H20N6O2. The van der Waals surface area contributed by atoms with Crippen LogP contribution in [0.1, 0.15) is 44.2 Å². The van der Waals surface area contributed by atoms with Crippen molar-refractivity contribution in [2.45, 2.75) is 39.7 Å². The maximum atomic E-state index is 5.28. The van der Waals surface area contributed by atoms with E-state index in [1.54, 1.807) is 6.20 Å². The second-order valence-electron chi connectivity index (χ2n) is 5.83. The van der Waals surface area contributed by atoms with Crippen molar-refractivity contribution in [3.63, 3.8) is 0 Å². The third-order valence-electron chi connectivity index (χ3n) is 3.54. The van der Waals surface area contributed by atoms with Crippen molar-refractivity contribution in [3.8, 4) is 11.5 Å². The lowest BCUT2D eigenvalue weighted by Gasteiger charge is -2.15. The Kier molecular flexibility index (Phi) is 4.54. The van der Waals surface area contributed by atoms with E-state index in [-0.39, 0.29) is 5.92 Å². The molecule has 0 saturated carbocycles. The number of rotatable bonds is 6. The standard InChI is InChI=1S/C16H20N6O2/c1-5-12-18-14(23-20-12)9-22(4)13-7-6-11(8-17-13)16-19-15(10(2)3)21-24-16/h6-8,10H,5,9H2,1-4H3. The highest BCUT2D eigenvalue weighted by Crippen LogP contribution is 2.21. The molecule has 0 aliphatic rings. The predicted octanol–water partition coefficient (Wildman–Crippen LogP) is 2.84. The second kappa shape index (κ2) is 6.77. The zero-order chi connectivity index (χ0) is 17.1. The molecule has 0 fully saturated rings. The summed E-state index contributed by atoms with van der Waals surface area (Å²) < 4.78 is 10.5. The van der Waals surface area contributed by atoms with Crippen LogP contribution in [-0.4, -0.2) is 32.3 Å². The molecule has 0 saturated heterocycles. The van der Waals surface area contributed by atoms with E-state index in [1.807, 2.05) is 44.9 Å². The minimum Gasteiger partial charge on any atom is -0.350 e. The molecule has 0 aliphatic carbocycles. The van der Waals surface area contributed by atoms with Gasteiger partial charge in [0.25, 0.3) is 5.89 Å². The Balaban J connectivity index is 1.70. The van der Waals surface area contributed by atoms with Gasteiger partial charge in [-0.25, -0.2) is 4.98 Å². The number of pyridine rings is 1. The molecule has 0 aliphatic heterocycles. The fourth-order valence-corrected chi connectivity index (χ4v) is 2.11. The van der Waals surface area contributed by atoms with Crippen LogP contribution in [0, 0.1) is 0 Å². The van der Waals surface area contributed by atoms with Gasteiger partial charge in [-0.2, -0.15) is 9.97 Å². The van der Waals surface area contributed by atoms with Gasteiger partial charge in [0.1, 0.15) is 5.82 Å². The van der Waals surface area contributed by atoms with Crippen molar-refractivity contribution in [2.24, 2.45) is 0 Å². The number of aromatic nitrogens is 5. The van der Waals surface area contributed by atoms with Crippen LogP contribution in [0.5, 0.6) is 0 Å². The Morgan fingerprint density at radius 2 is 1.96 bits per heavy atom. The maximum Gasteiger partial charge on any atom is 0.259 e. The van der Waals surface area contributed by atoms with Gasteiger partial charge >= 0.3 is 0 Å². The van der Waals surface area contributed by atoms with E-state index in [4.69, 9.17) is 9.05 Å². The van der Waals surface area contributed by atoms with E-state index >= 15 is 0 Å². The van der Waals surface area contributed by atoms with Crippen LogP contribution in [-0.2, 0) is 13.0 Å². The lowest BCUT2D eigenvalue weighted by molar-refractivity contribution is 0.373. The van der Waals surface area contributed by atoms with Gasteiger partial charge in [0.2, 0.25) is 5.89 Å². The number of hydrogen-bond acceptors (Lipinski definition) is 8. The zero-order valence-electron chi connectivity index (χ0n) is 14.2. The Morgan fingerprint density at radius 3 is 2.54 bits per heavy atom. The molecule has 3 heterocycles. The molecule has 8 heteroatoms. The monoisotopic (exact) mass is 328 g/mol. The highest BCUT2D eigenvalue weighted by Gasteiger charge is 2.13. The van der Waals surface area contributed by atoms with Crippen LogP contribution in [0.2, 0.25) is 0 Å². The van der Waals surface area contributed by atoms with Gasteiger partial charge in [0.05, 0.1) is 12.1 Å². The van der Waals surface area contributed by atoms with Gasteiger partial charge in [-0.15, -0.1) is 0 Å². The van der Waals surface area contributed by atoms with Crippen LogP contribution >= 0.6 is 0 Å². The third-order valence-corrected chi connectivity index (χ3v) is 3.54. The van der Waals surface area contributed by atoms with Crippen LogP contribution in [0.3, 0.4) is 0 Å². The molecule has 8 nitrogen and oxygen atoms in total. The molecule has 0 amide bonds. The van der Waals surface area contributed by atoms with Crippen molar-refractivity contribution >= 4 is 5.82 Å². The average molecular weight is 328 g/mol. The third kappa shape index (κ3) is 3.42. The molecule has 0 spiro atoms. The van der Waals surface area contributed by atoms with Gasteiger partial charge < -0.3 is 13.9 Å². The van der Waals surface area contributed by atoms with Crippen LogP contribution < -0.4 is 4.90 Å². The fraction of sp³-hybridized carbons (Fsp3) is 0.438. The molecule has 0 atom stereocenters. The Bertz CT molecular complexity index is 793. The summed E-state index contributed by atoms with van der Waals surface area (Å²) in [5.74, 6) is 3.46. The minimum atomic E-state index is 0.225. The molecule has 0 unspecified atom stereocenters. The maximum absolute atomic E-state index is 5.28. The van der Waals surface area contributed by atoms with Crippen LogP contribution in [0.15, 0.2) is 27.4 Å². The van der Waals surface area contributed by atoms with Gasteiger partial charge in [-0.3, -0.25) is 0 Å². The minimum absolute atomic E-state index is 0.225. The lowest BCUT2D eigenvalue weighted by Crippen LogP contribution is -2.17. The molecule has 0 radical (unpaired) electrons. The predicted molar refractivity (Wildman–Crippen MR) is 87.4 cm³/mol. The number of hydrogen-bond donors (Lipinski definition) is 0. The molecule has 3 rings (SSSR count). The van der Waals surface area contributed by atoms with Crippen molar-refractivity contribution in [2.75, 3.05) is 11.9 Å². The Morgan fingerprint density at radius 1 is 1.12 bits per heavy atom. The summed E-state index contributed by atoms with van der Waals surface area (Å²) >= 11 is 0. The van der Waals surface area contributed by atoms with E-state index < -0.39 is 0 Å². The molecule has 0 aromatic carbocycles. The quantitative estimate of drug-likeness (QED) is 0.682. The molecule has 0 bridgehead atoms. The Labute approximate surface area is 139 Å². The summed E-state index contributed by atoms with van der Waals surface area (Å²) in [5.41, 5.74) is 0.789. The molecule has 0 N–H and O–H groups in total. The van der Waals surface area contributed by atoms with E-state index in [1.165, 1.54) is 0 Å². The normalized spacial score (nSPS) is 11.2. The first-order chi connectivity index (χ1) is 11.6. The molecule has 24 heavy (non-hydrogen) atoms. The number of nitrogens with zero attached hydrogens (tertiary/aromatic N) is 6. The van der Waals surface area contributed by atoms with Gasteiger partial charge in [-0.1, -0.05) is 31.1 Å². The first-order valence-electron chi connectivity index (χ1n) is 7.89. The highest BCUT2D eigenvalue weighted by atomic mass is 16.5. The smallest absolute Gasteiger partial charge is 0.259 e. The molecule has 3 aromatic rings. The fourth-order valence-electron chi connectivity index (χ4n) is 2.11. The molecule has 3 aromatic heterocycles. The zero-order valence-corrected chi connectivity index (χ0v) is 14.2. The summed E-state index contributed by atoms with van der Waals surface area (Å²) in [5, 5.41) is 7.85. The topological polar surface area (TPSA) is 94.0 Å². The van der Waals surface area contributed by atoms with Crippen LogP contribution in [0.4, 0.5) is 5.82 Å². The SMILES string of the molecule is CCc1noc(CN(C)c2ccc(-c3nc(C(C)C)no3)cn2)n1. The lowest BCUT2D eigenvalue weighted by atomic mass is 10.2. The van der Waals surface area contributed by atoms with Gasteiger partial charge in [-0.05, 0) is 12.1 Å². The van der Waals surface area contributed by atoms with E-state index in [0.717, 1.165) is 17.8 Å². The summed E-state index contributed by atoms with van der Waals surface area (Å²) in [7, 11) is 1.92. The largest absolute Gasteiger partial charge is 0.350 e. The summed E-state index contributed by atoms with van der Waals surface area (Å²) in [6, 6.07) is 3.80. The van der Waals surface area contributed by atoms with Crippen LogP contribution in [0.25, 0.3) is 11.5 Å². The number of aryl methyl sites for hydroxylation is 1. The van der Waals surface area contributed by atoms with E-state index in [0.29, 0.717) is 30.0 Å². The van der Waals surface area contributed by atoms with Gasteiger partial charge in [0.15, 0.2) is 11.6 Å². The highest BCUT2D eigenvalue weighted by molar-refractivity contribution is 5.54. The summed E-state index contributed by atoms with van der Waals surface area (Å²) in [4.78, 5) is 15.0.